The summed E-state index contributed by atoms with van der Waals surface area (Å²) in [7, 11) is 1.26. The summed E-state index contributed by atoms with van der Waals surface area (Å²) in [5.74, 6) is -0.566. The van der Waals surface area contributed by atoms with Gasteiger partial charge in [-0.05, 0) is 12.1 Å². The highest BCUT2D eigenvalue weighted by Gasteiger charge is 2.18. The molecule has 8 heteroatoms. The molecule has 0 spiro atoms. The van der Waals surface area contributed by atoms with Gasteiger partial charge in [0.05, 0.1) is 12.7 Å². The summed E-state index contributed by atoms with van der Waals surface area (Å²) < 4.78 is 18.7. The molecule has 1 heterocycles. The van der Waals surface area contributed by atoms with Crippen molar-refractivity contribution in [3.8, 4) is 0 Å². The maximum atomic E-state index is 12.5. The lowest BCUT2D eigenvalue weighted by molar-refractivity contribution is 0.0602. The van der Waals surface area contributed by atoms with Crippen LogP contribution in [0, 0.1) is 0 Å². The van der Waals surface area contributed by atoms with Crippen LogP contribution < -0.4 is 0 Å². The van der Waals surface area contributed by atoms with Crippen molar-refractivity contribution in [2.45, 2.75) is 0 Å². The summed E-state index contributed by atoms with van der Waals surface area (Å²) >= 11 is 3.10. The van der Waals surface area contributed by atoms with Gasteiger partial charge < -0.3 is 4.74 Å². The van der Waals surface area contributed by atoms with Crippen LogP contribution in [0.5, 0.6) is 0 Å². The van der Waals surface area contributed by atoms with Gasteiger partial charge in [0.2, 0.25) is 0 Å². The van der Waals surface area contributed by atoms with Gasteiger partial charge in [-0.25, -0.2) is 4.79 Å². The lowest BCUT2D eigenvalue weighted by atomic mass is 10.2. The third kappa shape index (κ3) is 1.78. The van der Waals surface area contributed by atoms with E-state index < -0.39 is 5.97 Å². The monoisotopic (exact) mass is 305 g/mol. The number of esters is 1. The van der Waals surface area contributed by atoms with Gasteiger partial charge in [-0.2, -0.15) is 4.09 Å². The maximum absolute atomic E-state index is 12.5. The largest absolute Gasteiger partial charge is 0.465 e. The first-order chi connectivity index (χ1) is 7.67. The molecule has 0 N–H and O–H groups in total. The number of hydrogen-bond donors (Lipinski definition) is 0. The van der Waals surface area contributed by atoms with Crippen molar-refractivity contribution in [3.05, 3.63) is 22.2 Å². The number of rotatable bonds is 2. The van der Waals surface area contributed by atoms with Crippen molar-refractivity contribution in [3.63, 3.8) is 0 Å². The second kappa shape index (κ2) is 4.38. The number of carbonyl (C=O) groups is 1. The number of benzene rings is 1. The first-order valence-corrected chi connectivity index (χ1v) is 5.56. The predicted octanol–water partition coefficient (Wildman–Crippen LogP) is 2.36. The molecule has 0 radical (unpaired) electrons. The second-order valence-corrected chi connectivity index (χ2v) is 4.24. The molecule has 0 atom stereocenters. The Bertz CT molecular complexity index is 559. The summed E-state index contributed by atoms with van der Waals surface area (Å²) in [6, 6.07) is 3.17. The van der Waals surface area contributed by atoms with E-state index in [2.05, 4.69) is 31.0 Å². The third-order valence-corrected chi connectivity index (χ3v) is 2.79. The summed E-state index contributed by atoms with van der Waals surface area (Å²) in [6.07, 6.45) is 0. The number of halogens is 2. The van der Waals surface area contributed by atoms with Crippen LogP contribution in [0.2, 0.25) is 0 Å². The summed E-state index contributed by atoms with van der Waals surface area (Å²) in [5.41, 5.74) is 0.921. The zero-order valence-corrected chi connectivity index (χ0v) is 10.4. The standard InChI is InChI=1S/C8H5BrFN3O2S/c1-15-8(14)5-2-4(9)3-6-7(5)13(16-10)12-11-6/h2-3H,1H3. The lowest BCUT2D eigenvalue weighted by Gasteiger charge is -2.02. The molecule has 0 aliphatic carbocycles. The van der Waals surface area contributed by atoms with Crippen molar-refractivity contribution in [1.29, 1.82) is 0 Å². The minimum atomic E-state index is -0.566. The number of aromatic nitrogens is 3. The van der Waals surface area contributed by atoms with Crippen LogP contribution >= 0.6 is 28.3 Å². The van der Waals surface area contributed by atoms with E-state index in [1.54, 1.807) is 6.07 Å². The summed E-state index contributed by atoms with van der Waals surface area (Å²) in [5, 5.41) is 7.30. The molecule has 1 aromatic carbocycles. The van der Waals surface area contributed by atoms with Gasteiger partial charge in [-0.15, -0.1) is 8.98 Å². The second-order valence-electron chi connectivity index (χ2n) is 2.84. The highest BCUT2D eigenvalue weighted by Crippen LogP contribution is 2.26. The van der Waals surface area contributed by atoms with Gasteiger partial charge in [-0.1, -0.05) is 21.1 Å². The first kappa shape index (κ1) is 11.3. The first-order valence-electron chi connectivity index (χ1n) is 4.09. The minimum absolute atomic E-state index is 0.127. The van der Waals surface area contributed by atoms with E-state index in [1.807, 2.05) is 0 Å². The van der Waals surface area contributed by atoms with E-state index in [0.29, 0.717) is 15.5 Å². The van der Waals surface area contributed by atoms with E-state index in [1.165, 1.54) is 13.2 Å². The van der Waals surface area contributed by atoms with Crippen LogP contribution in [-0.2, 0) is 4.74 Å². The molecule has 84 valence electrons. The van der Waals surface area contributed by atoms with Gasteiger partial charge in [0.25, 0.3) is 0 Å². The molecule has 0 amide bonds. The zero-order valence-electron chi connectivity index (χ0n) is 7.98. The van der Waals surface area contributed by atoms with Crippen LogP contribution in [0.4, 0.5) is 3.89 Å². The van der Waals surface area contributed by atoms with Crippen molar-refractivity contribution >= 4 is 45.3 Å². The van der Waals surface area contributed by atoms with Crippen LogP contribution in [0.25, 0.3) is 11.0 Å². The number of fused-ring (bicyclic) bond motifs is 1. The zero-order chi connectivity index (χ0) is 11.7. The van der Waals surface area contributed by atoms with Gasteiger partial charge >= 0.3 is 5.97 Å². The van der Waals surface area contributed by atoms with Gasteiger partial charge in [0, 0.05) is 4.47 Å². The Labute approximate surface area is 103 Å². The lowest BCUT2D eigenvalue weighted by Crippen LogP contribution is -2.04. The fourth-order valence-corrected chi connectivity index (χ4v) is 2.08. The number of methoxy groups -OCH3 is 1. The number of hydrogen-bond acceptors (Lipinski definition) is 5. The molecular weight excluding hydrogens is 301 g/mol. The molecule has 16 heavy (non-hydrogen) atoms. The molecule has 0 unspecified atom stereocenters. The normalized spacial score (nSPS) is 10.7. The van der Waals surface area contributed by atoms with Crippen LogP contribution in [-0.4, -0.2) is 27.5 Å². The average molecular weight is 306 g/mol. The number of ether oxygens (including phenoxy) is 1. The van der Waals surface area contributed by atoms with E-state index in [9.17, 15) is 8.68 Å². The highest BCUT2D eigenvalue weighted by molar-refractivity contribution is 9.10. The molecule has 0 fully saturated rings. The van der Waals surface area contributed by atoms with Crippen molar-refractivity contribution in [2.24, 2.45) is 0 Å². The fourth-order valence-electron chi connectivity index (χ4n) is 1.31. The molecule has 2 aromatic rings. The third-order valence-electron chi connectivity index (χ3n) is 1.95. The quantitative estimate of drug-likeness (QED) is 0.797. The Kier molecular flexibility index (Phi) is 3.10. The predicted molar refractivity (Wildman–Crippen MR) is 60.7 cm³/mol. The number of carbonyl (C=O) groups excluding carboxylic acids is 1. The number of nitrogens with zero attached hydrogens (tertiary/aromatic N) is 3. The molecule has 5 nitrogen and oxygen atoms in total. The summed E-state index contributed by atoms with van der Waals surface area (Å²) in [6.45, 7) is 0. The molecule has 1 aromatic heterocycles. The van der Waals surface area contributed by atoms with Crippen LogP contribution in [0.3, 0.4) is 0 Å². The molecule has 0 saturated carbocycles. The average Bonchev–Trinajstić information content (AvgIpc) is 2.69. The van der Waals surface area contributed by atoms with E-state index in [4.69, 9.17) is 0 Å². The SMILES string of the molecule is COC(=O)c1cc(Br)cc2nnn(SF)c12. The van der Waals surface area contributed by atoms with E-state index >= 15 is 0 Å². The molecule has 0 aliphatic rings. The van der Waals surface area contributed by atoms with Gasteiger partial charge in [-0.3, -0.25) is 0 Å². The Morgan fingerprint density at radius 3 is 3.00 bits per heavy atom. The van der Waals surface area contributed by atoms with E-state index in [-0.39, 0.29) is 17.9 Å². The molecule has 0 saturated heterocycles. The summed E-state index contributed by atoms with van der Waals surface area (Å²) in [4.78, 5) is 11.5. The van der Waals surface area contributed by atoms with Crippen LogP contribution in [0.15, 0.2) is 16.6 Å². The molecule has 0 aliphatic heterocycles. The molecule has 0 bridgehead atoms. The van der Waals surface area contributed by atoms with Crippen LogP contribution in [0.1, 0.15) is 10.4 Å². The van der Waals surface area contributed by atoms with Gasteiger partial charge in [0.15, 0.2) is 12.3 Å². The van der Waals surface area contributed by atoms with E-state index in [0.717, 1.165) is 4.09 Å². The van der Waals surface area contributed by atoms with Crippen molar-refractivity contribution in [2.75, 3.05) is 7.11 Å². The molecule has 2 rings (SSSR count). The minimum Gasteiger partial charge on any atom is -0.465 e. The topological polar surface area (TPSA) is 57.0 Å². The highest BCUT2D eigenvalue weighted by atomic mass is 79.9. The smallest absolute Gasteiger partial charge is 0.340 e. The maximum Gasteiger partial charge on any atom is 0.340 e. The van der Waals surface area contributed by atoms with Gasteiger partial charge in [0.1, 0.15) is 11.0 Å². The Morgan fingerprint density at radius 1 is 1.62 bits per heavy atom. The van der Waals surface area contributed by atoms with Crippen molar-refractivity contribution < 1.29 is 13.4 Å². The Hall–Kier alpha value is -1.15. The van der Waals surface area contributed by atoms with Crippen molar-refractivity contribution in [1.82, 2.24) is 14.4 Å². The molecular formula is C8H5BrFN3O2S. The fraction of sp³-hybridized carbons (Fsp3) is 0.125. The Balaban J connectivity index is 2.77. The Morgan fingerprint density at radius 2 is 2.38 bits per heavy atom.